The molecule has 7 heteroatoms. The van der Waals surface area contributed by atoms with Crippen LogP contribution in [0.25, 0.3) is 16.8 Å². The van der Waals surface area contributed by atoms with Gasteiger partial charge in [0.05, 0.1) is 18.1 Å². The maximum absolute atomic E-state index is 12.3. The monoisotopic (exact) mass is 384 g/mol. The van der Waals surface area contributed by atoms with Crippen LogP contribution in [0.5, 0.6) is 0 Å². The summed E-state index contributed by atoms with van der Waals surface area (Å²) < 4.78 is 1.93. The number of rotatable bonds is 4. The van der Waals surface area contributed by atoms with Crippen molar-refractivity contribution in [3.63, 3.8) is 0 Å². The summed E-state index contributed by atoms with van der Waals surface area (Å²) in [5.41, 5.74) is 5.45. The third kappa shape index (κ3) is 4.14. The molecule has 0 saturated heterocycles. The Morgan fingerprint density at radius 3 is 2.69 bits per heavy atom. The van der Waals surface area contributed by atoms with Gasteiger partial charge in [0.25, 0.3) is 0 Å². The third-order valence-corrected chi connectivity index (χ3v) is 4.49. The quantitative estimate of drug-likeness (QED) is 0.423. The van der Waals surface area contributed by atoms with Crippen LogP contribution in [0.4, 0.5) is 10.5 Å². The van der Waals surface area contributed by atoms with Crippen LogP contribution in [-0.4, -0.2) is 38.7 Å². The molecule has 3 heterocycles. The fourth-order valence-corrected chi connectivity index (χ4v) is 2.84. The zero-order valence-electron chi connectivity index (χ0n) is 16.1. The van der Waals surface area contributed by atoms with Gasteiger partial charge >= 0.3 is 6.03 Å². The molecule has 1 N–H and O–H groups in total. The van der Waals surface area contributed by atoms with E-state index in [1.165, 1.54) is 5.01 Å². The van der Waals surface area contributed by atoms with Gasteiger partial charge in [0.15, 0.2) is 0 Å². The van der Waals surface area contributed by atoms with Crippen molar-refractivity contribution < 1.29 is 4.79 Å². The number of anilines is 1. The number of urea groups is 1. The lowest BCUT2D eigenvalue weighted by Crippen LogP contribution is -2.27. The van der Waals surface area contributed by atoms with Gasteiger partial charge in [0, 0.05) is 42.5 Å². The molecule has 3 aromatic heterocycles. The highest BCUT2D eigenvalue weighted by Gasteiger charge is 2.08. The van der Waals surface area contributed by atoms with Crippen LogP contribution >= 0.6 is 0 Å². The van der Waals surface area contributed by atoms with E-state index in [-0.39, 0.29) is 6.03 Å². The van der Waals surface area contributed by atoms with Crippen LogP contribution in [0.2, 0.25) is 0 Å². The van der Waals surface area contributed by atoms with E-state index in [0.717, 1.165) is 33.7 Å². The first kappa shape index (κ1) is 18.4. The molecular formula is C22H20N6O. The van der Waals surface area contributed by atoms with E-state index in [2.05, 4.69) is 20.4 Å². The van der Waals surface area contributed by atoms with Gasteiger partial charge in [-0.1, -0.05) is 23.8 Å². The van der Waals surface area contributed by atoms with Crippen LogP contribution in [0, 0.1) is 6.92 Å². The molecule has 0 aliphatic carbocycles. The molecule has 144 valence electrons. The standard InChI is InChI=1S/C22H20N6O/c1-16-5-8-19(9-6-16)26-22(29)27(2)25-14-20-13-24-21-10-7-18(15-28(20)21)17-4-3-11-23-12-17/h3-15H,1-2H3,(H,26,29). The van der Waals surface area contributed by atoms with E-state index < -0.39 is 0 Å². The fourth-order valence-electron chi connectivity index (χ4n) is 2.84. The molecule has 1 aromatic carbocycles. The zero-order valence-corrected chi connectivity index (χ0v) is 16.1. The number of carbonyl (C=O) groups is 1. The topological polar surface area (TPSA) is 74.9 Å². The number of imidazole rings is 1. The van der Waals surface area contributed by atoms with Crippen LogP contribution in [0.15, 0.2) is 78.4 Å². The van der Waals surface area contributed by atoms with Gasteiger partial charge in [-0.3, -0.25) is 9.38 Å². The first-order chi connectivity index (χ1) is 14.1. The third-order valence-electron chi connectivity index (χ3n) is 4.49. The summed E-state index contributed by atoms with van der Waals surface area (Å²) in [6, 6.07) is 15.1. The molecule has 4 rings (SSSR count). The van der Waals surface area contributed by atoms with Crippen LogP contribution in [-0.2, 0) is 0 Å². The second-order valence-corrected chi connectivity index (χ2v) is 6.64. The van der Waals surface area contributed by atoms with Gasteiger partial charge in [-0.25, -0.2) is 14.8 Å². The molecule has 2 amide bonds. The average molecular weight is 384 g/mol. The van der Waals surface area contributed by atoms with E-state index >= 15 is 0 Å². The van der Waals surface area contributed by atoms with Crippen LogP contribution in [0.3, 0.4) is 0 Å². The van der Waals surface area contributed by atoms with Gasteiger partial charge in [-0.2, -0.15) is 5.10 Å². The largest absolute Gasteiger partial charge is 0.341 e. The summed E-state index contributed by atoms with van der Waals surface area (Å²) in [5, 5.41) is 8.32. The van der Waals surface area contributed by atoms with Crippen molar-refractivity contribution in [2.75, 3.05) is 12.4 Å². The van der Waals surface area contributed by atoms with Crippen molar-refractivity contribution in [1.29, 1.82) is 0 Å². The fraction of sp³-hybridized carbons (Fsp3) is 0.0909. The molecule has 0 bridgehead atoms. The lowest BCUT2D eigenvalue weighted by molar-refractivity contribution is 0.224. The van der Waals surface area contributed by atoms with Crippen molar-refractivity contribution in [3.05, 3.63) is 84.6 Å². The van der Waals surface area contributed by atoms with Gasteiger partial charge in [-0.15, -0.1) is 0 Å². The first-order valence-corrected chi connectivity index (χ1v) is 9.13. The second kappa shape index (κ2) is 7.93. The molecule has 0 saturated carbocycles. The second-order valence-electron chi connectivity index (χ2n) is 6.64. The summed E-state index contributed by atoms with van der Waals surface area (Å²) >= 11 is 0. The van der Waals surface area contributed by atoms with Gasteiger partial charge in [-0.05, 0) is 37.3 Å². The Labute approximate surface area is 168 Å². The Kier molecular flexibility index (Phi) is 5.03. The molecule has 0 fully saturated rings. The summed E-state index contributed by atoms with van der Waals surface area (Å²) in [4.78, 5) is 20.9. The number of benzene rings is 1. The molecule has 0 atom stereocenters. The number of aryl methyl sites for hydroxylation is 1. The molecule has 29 heavy (non-hydrogen) atoms. The van der Waals surface area contributed by atoms with E-state index in [9.17, 15) is 4.79 Å². The Hall–Kier alpha value is -4.00. The van der Waals surface area contributed by atoms with Crippen LogP contribution < -0.4 is 5.32 Å². The van der Waals surface area contributed by atoms with Gasteiger partial charge < -0.3 is 5.32 Å². The predicted molar refractivity (Wildman–Crippen MR) is 114 cm³/mol. The van der Waals surface area contributed by atoms with Crippen molar-refractivity contribution >= 4 is 23.6 Å². The number of hydrogen-bond donors (Lipinski definition) is 1. The number of amides is 2. The van der Waals surface area contributed by atoms with E-state index in [1.54, 1.807) is 25.7 Å². The molecular weight excluding hydrogens is 364 g/mol. The number of hydrazone groups is 1. The maximum Gasteiger partial charge on any atom is 0.341 e. The summed E-state index contributed by atoms with van der Waals surface area (Å²) in [6.45, 7) is 2.00. The van der Waals surface area contributed by atoms with E-state index in [0.29, 0.717) is 0 Å². The minimum atomic E-state index is -0.324. The predicted octanol–water partition coefficient (Wildman–Crippen LogP) is 4.20. The molecule has 4 aromatic rings. The van der Waals surface area contributed by atoms with Gasteiger partial charge in [0.1, 0.15) is 5.65 Å². The highest BCUT2D eigenvalue weighted by atomic mass is 16.2. The van der Waals surface area contributed by atoms with Gasteiger partial charge in [0.2, 0.25) is 0 Å². The van der Waals surface area contributed by atoms with Crippen molar-refractivity contribution in [2.45, 2.75) is 6.92 Å². The highest BCUT2D eigenvalue weighted by molar-refractivity contribution is 5.90. The number of nitrogens with one attached hydrogen (secondary N) is 1. The lowest BCUT2D eigenvalue weighted by Gasteiger charge is -2.12. The van der Waals surface area contributed by atoms with Crippen LogP contribution in [0.1, 0.15) is 11.3 Å². The van der Waals surface area contributed by atoms with Crippen molar-refractivity contribution in [1.82, 2.24) is 19.4 Å². The highest BCUT2D eigenvalue weighted by Crippen LogP contribution is 2.19. The van der Waals surface area contributed by atoms with E-state index in [4.69, 9.17) is 0 Å². The number of fused-ring (bicyclic) bond motifs is 1. The Bertz CT molecular complexity index is 1170. The number of carbonyl (C=O) groups excluding carboxylic acids is 1. The molecule has 0 radical (unpaired) electrons. The first-order valence-electron chi connectivity index (χ1n) is 9.13. The number of pyridine rings is 2. The summed E-state index contributed by atoms with van der Waals surface area (Å²) in [6.07, 6.45) is 8.87. The number of hydrogen-bond acceptors (Lipinski definition) is 4. The Morgan fingerprint density at radius 2 is 1.93 bits per heavy atom. The smallest absolute Gasteiger partial charge is 0.306 e. The molecule has 0 aliphatic rings. The molecule has 7 nitrogen and oxygen atoms in total. The Balaban J connectivity index is 1.52. The normalized spacial score (nSPS) is 11.1. The summed E-state index contributed by atoms with van der Waals surface area (Å²) in [5.74, 6) is 0. The molecule has 0 spiro atoms. The molecule has 0 aliphatic heterocycles. The lowest BCUT2D eigenvalue weighted by atomic mass is 10.1. The molecule has 0 unspecified atom stereocenters. The Morgan fingerprint density at radius 1 is 1.10 bits per heavy atom. The average Bonchev–Trinajstić information content (AvgIpc) is 3.16. The van der Waals surface area contributed by atoms with Crippen molar-refractivity contribution in [3.8, 4) is 11.1 Å². The number of aromatic nitrogens is 3. The minimum Gasteiger partial charge on any atom is -0.306 e. The summed E-state index contributed by atoms with van der Waals surface area (Å²) in [7, 11) is 1.60. The zero-order chi connectivity index (χ0) is 20.2. The maximum atomic E-state index is 12.3. The van der Waals surface area contributed by atoms with E-state index in [1.807, 2.05) is 72.2 Å². The minimum absolute atomic E-state index is 0.324. The van der Waals surface area contributed by atoms with Crippen molar-refractivity contribution in [2.24, 2.45) is 5.10 Å². The SMILES string of the molecule is Cc1ccc(NC(=O)N(C)N=Cc2cnc3ccc(-c4cccnc4)cn23)cc1. The number of nitrogens with zero attached hydrogens (tertiary/aromatic N) is 5.